The van der Waals surface area contributed by atoms with E-state index in [1.807, 2.05) is 0 Å². The number of fused-ring (bicyclic) bond motifs is 1. The molecule has 18 heavy (non-hydrogen) atoms. The molecule has 0 bridgehead atoms. The van der Waals surface area contributed by atoms with Gasteiger partial charge in [-0.05, 0) is 18.2 Å². The molecular weight excluding hydrogens is 239 g/mol. The van der Waals surface area contributed by atoms with Crippen molar-refractivity contribution in [3.8, 4) is 0 Å². The Labute approximate surface area is 101 Å². The van der Waals surface area contributed by atoms with Gasteiger partial charge in [-0.15, -0.1) is 0 Å². The summed E-state index contributed by atoms with van der Waals surface area (Å²) in [6.07, 6.45) is 2.31. The number of aliphatic carboxylic acids is 1. The van der Waals surface area contributed by atoms with Gasteiger partial charge in [-0.2, -0.15) is 0 Å². The molecule has 0 aliphatic rings. The Bertz CT molecular complexity index is 628. The molecular formula is C12H9FN2O3. The molecule has 0 aliphatic heterocycles. The van der Waals surface area contributed by atoms with E-state index in [2.05, 4.69) is 10.3 Å². The first kappa shape index (κ1) is 12.0. The lowest BCUT2D eigenvalue weighted by Crippen LogP contribution is -2.16. The van der Waals surface area contributed by atoms with Crippen LogP contribution in [-0.2, 0) is 9.59 Å². The van der Waals surface area contributed by atoms with Crippen molar-refractivity contribution in [2.75, 3.05) is 5.32 Å². The molecule has 0 unspecified atom stereocenters. The number of hydrogen-bond donors (Lipinski definition) is 2. The number of carboxylic acids is 1. The summed E-state index contributed by atoms with van der Waals surface area (Å²) in [7, 11) is 0. The summed E-state index contributed by atoms with van der Waals surface area (Å²) in [6.45, 7) is 0. The van der Waals surface area contributed by atoms with E-state index < -0.39 is 24.1 Å². The molecule has 0 atom stereocenters. The van der Waals surface area contributed by atoms with Crippen LogP contribution in [0.4, 0.5) is 10.1 Å². The normalized spacial score (nSPS) is 10.3. The second-order valence-electron chi connectivity index (χ2n) is 3.67. The number of benzene rings is 1. The monoisotopic (exact) mass is 248 g/mol. The van der Waals surface area contributed by atoms with Gasteiger partial charge in [0.15, 0.2) is 0 Å². The lowest BCUT2D eigenvalue weighted by atomic mass is 10.1. The number of carboxylic acid groups (broad SMARTS) is 1. The van der Waals surface area contributed by atoms with Crippen LogP contribution in [0, 0.1) is 5.82 Å². The molecule has 0 saturated heterocycles. The molecule has 1 amide bonds. The van der Waals surface area contributed by atoms with Crippen LogP contribution in [0.25, 0.3) is 10.8 Å². The summed E-state index contributed by atoms with van der Waals surface area (Å²) in [5, 5.41) is 12.0. The first-order valence-electron chi connectivity index (χ1n) is 5.11. The van der Waals surface area contributed by atoms with E-state index in [4.69, 9.17) is 5.11 Å². The van der Waals surface area contributed by atoms with Crippen LogP contribution in [0.5, 0.6) is 0 Å². The molecule has 1 heterocycles. The van der Waals surface area contributed by atoms with Crippen LogP contribution in [-0.4, -0.2) is 22.0 Å². The average molecular weight is 248 g/mol. The Kier molecular flexibility index (Phi) is 3.18. The molecule has 0 radical (unpaired) electrons. The number of hydrogen-bond acceptors (Lipinski definition) is 3. The molecule has 0 saturated carbocycles. The van der Waals surface area contributed by atoms with Crippen molar-refractivity contribution in [3.05, 3.63) is 36.4 Å². The van der Waals surface area contributed by atoms with Crippen LogP contribution < -0.4 is 5.32 Å². The third kappa shape index (κ3) is 2.60. The van der Waals surface area contributed by atoms with Gasteiger partial charge in [0.1, 0.15) is 12.2 Å². The maximum absolute atomic E-state index is 13.3. The minimum atomic E-state index is -1.24. The van der Waals surface area contributed by atoms with Gasteiger partial charge in [0.05, 0.1) is 5.69 Å². The van der Waals surface area contributed by atoms with Gasteiger partial charge in [-0.1, -0.05) is 0 Å². The van der Waals surface area contributed by atoms with Gasteiger partial charge in [0.2, 0.25) is 5.91 Å². The lowest BCUT2D eigenvalue weighted by Gasteiger charge is -2.07. The third-order valence-electron chi connectivity index (χ3n) is 2.30. The van der Waals surface area contributed by atoms with E-state index in [1.165, 1.54) is 18.5 Å². The van der Waals surface area contributed by atoms with Crippen molar-refractivity contribution < 1.29 is 19.1 Å². The summed E-state index contributed by atoms with van der Waals surface area (Å²) in [5.74, 6) is -2.47. The number of nitrogens with one attached hydrogen (secondary N) is 1. The highest BCUT2D eigenvalue weighted by atomic mass is 19.1. The molecule has 1 aromatic heterocycles. The Balaban J connectivity index is 2.38. The summed E-state index contributed by atoms with van der Waals surface area (Å²) in [6, 6.07) is 4.04. The lowest BCUT2D eigenvalue weighted by molar-refractivity contribution is -0.139. The molecule has 2 N–H and O–H groups in total. The molecule has 0 spiro atoms. The minimum absolute atomic E-state index is 0.235. The van der Waals surface area contributed by atoms with Gasteiger partial charge in [0.25, 0.3) is 0 Å². The molecule has 0 aliphatic carbocycles. The Morgan fingerprint density at radius 1 is 1.39 bits per heavy atom. The average Bonchev–Trinajstić information content (AvgIpc) is 2.27. The highest BCUT2D eigenvalue weighted by molar-refractivity contribution is 6.06. The van der Waals surface area contributed by atoms with E-state index in [1.54, 1.807) is 6.07 Å². The molecule has 5 nitrogen and oxygen atoms in total. The maximum Gasteiger partial charge on any atom is 0.312 e. The third-order valence-corrected chi connectivity index (χ3v) is 2.30. The molecule has 1 aromatic carbocycles. The van der Waals surface area contributed by atoms with Crippen molar-refractivity contribution in [1.82, 2.24) is 4.98 Å². The highest BCUT2D eigenvalue weighted by Gasteiger charge is 2.11. The number of aromatic nitrogens is 1. The summed E-state index contributed by atoms with van der Waals surface area (Å²) in [5.41, 5.74) is 0.235. The zero-order chi connectivity index (χ0) is 13.1. The summed E-state index contributed by atoms with van der Waals surface area (Å²) >= 11 is 0. The zero-order valence-corrected chi connectivity index (χ0v) is 9.18. The standard InChI is InChI=1S/C12H9FN2O3/c13-8-3-7-6-14-2-1-9(7)10(4-8)15-11(16)5-12(17)18/h1-4,6H,5H2,(H,15,16)(H,17,18). The summed E-state index contributed by atoms with van der Waals surface area (Å²) in [4.78, 5) is 25.6. The molecule has 6 heteroatoms. The second-order valence-corrected chi connectivity index (χ2v) is 3.67. The molecule has 2 aromatic rings. The van der Waals surface area contributed by atoms with Crippen LogP contribution in [0.3, 0.4) is 0 Å². The minimum Gasteiger partial charge on any atom is -0.481 e. The smallest absolute Gasteiger partial charge is 0.312 e. The van der Waals surface area contributed by atoms with Crippen molar-refractivity contribution in [2.45, 2.75) is 6.42 Å². The Morgan fingerprint density at radius 2 is 2.17 bits per heavy atom. The number of halogens is 1. The number of nitrogens with zero attached hydrogens (tertiary/aromatic N) is 1. The largest absolute Gasteiger partial charge is 0.481 e. The van der Waals surface area contributed by atoms with Gasteiger partial charge in [-0.3, -0.25) is 14.6 Å². The molecule has 92 valence electrons. The number of anilines is 1. The van der Waals surface area contributed by atoms with Crippen molar-refractivity contribution in [2.24, 2.45) is 0 Å². The zero-order valence-electron chi connectivity index (χ0n) is 9.18. The van der Waals surface area contributed by atoms with Crippen molar-refractivity contribution in [3.63, 3.8) is 0 Å². The van der Waals surface area contributed by atoms with Gasteiger partial charge in [-0.25, -0.2) is 4.39 Å². The van der Waals surface area contributed by atoms with Crippen LogP contribution in [0.1, 0.15) is 6.42 Å². The van der Waals surface area contributed by atoms with Crippen molar-refractivity contribution in [1.29, 1.82) is 0 Å². The Hall–Kier alpha value is -2.50. The fraction of sp³-hybridized carbons (Fsp3) is 0.0833. The second kappa shape index (κ2) is 4.79. The number of carbonyl (C=O) groups is 2. The van der Waals surface area contributed by atoms with Gasteiger partial charge >= 0.3 is 5.97 Å². The SMILES string of the molecule is O=C(O)CC(=O)Nc1cc(F)cc2cnccc12. The van der Waals surface area contributed by atoms with Crippen LogP contribution in [0.15, 0.2) is 30.6 Å². The molecule has 0 fully saturated rings. The van der Waals surface area contributed by atoms with Gasteiger partial charge in [0, 0.05) is 23.2 Å². The van der Waals surface area contributed by atoms with E-state index in [0.717, 1.165) is 6.07 Å². The van der Waals surface area contributed by atoms with E-state index in [9.17, 15) is 14.0 Å². The first-order valence-corrected chi connectivity index (χ1v) is 5.11. The van der Waals surface area contributed by atoms with Crippen LogP contribution in [0.2, 0.25) is 0 Å². The first-order chi connectivity index (χ1) is 8.56. The van der Waals surface area contributed by atoms with E-state index >= 15 is 0 Å². The van der Waals surface area contributed by atoms with Crippen molar-refractivity contribution >= 4 is 28.3 Å². The Morgan fingerprint density at radius 3 is 2.89 bits per heavy atom. The number of rotatable bonds is 3. The van der Waals surface area contributed by atoms with E-state index in [0.29, 0.717) is 10.8 Å². The fourth-order valence-electron chi connectivity index (χ4n) is 1.61. The van der Waals surface area contributed by atoms with Crippen LogP contribution >= 0.6 is 0 Å². The molecule has 2 rings (SSSR count). The summed E-state index contributed by atoms with van der Waals surface area (Å²) < 4.78 is 13.3. The van der Waals surface area contributed by atoms with E-state index in [-0.39, 0.29) is 5.69 Å². The fourth-order valence-corrected chi connectivity index (χ4v) is 1.61. The highest BCUT2D eigenvalue weighted by Crippen LogP contribution is 2.24. The van der Waals surface area contributed by atoms with Gasteiger partial charge < -0.3 is 10.4 Å². The quantitative estimate of drug-likeness (QED) is 0.811. The topological polar surface area (TPSA) is 79.3 Å². The predicted octanol–water partition coefficient (Wildman–Crippen LogP) is 1.79. The number of amides is 1. The number of carbonyl (C=O) groups excluding carboxylic acids is 1. The number of pyridine rings is 1. The maximum atomic E-state index is 13.3. The predicted molar refractivity (Wildman–Crippen MR) is 62.6 cm³/mol.